The first-order valence-corrected chi connectivity index (χ1v) is 10.5. The monoisotopic (exact) mass is 459 g/mol. The number of rotatable bonds is 5. The number of esters is 1. The summed E-state index contributed by atoms with van der Waals surface area (Å²) in [4.78, 5) is 26.8. The fourth-order valence-corrected chi connectivity index (χ4v) is 3.82. The lowest BCUT2D eigenvalue weighted by Crippen LogP contribution is -2.32. The number of anilines is 1. The lowest BCUT2D eigenvalue weighted by Gasteiger charge is -2.31. The van der Waals surface area contributed by atoms with Crippen LogP contribution in [-0.4, -0.2) is 26.9 Å². The maximum absolute atomic E-state index is 13.1. The predicted octanol–water partition coefficient (Wildman–Crippen LogP) is 4.74. The molecule has 34 heavy (non-hydrogen) atoms. The Morgan fingerprint density at radius 1 is 0.941 bits per heavy atom. The normalized spacial score (nSPS) is 12.6. The molecule has 0 fully saturated rings. The molecule has 0 unspecified atom stereocenters. The highest BCUT2D eigenvalue weighted by molar-refractivity contribution is 5.89. The van der Waals surface area contributed by atoms with Gasteiger partial charge in [-0.15, -0.1) is 0 Å². The van der Waals surface area contributed by atoms with E-state index in [0.29, 0.717) is 41.3 Å². The summed E-state index contributed by atoms with van der Waals surface area (Å²) in [6.45, 7) is 0.884. The van der Waals surface area contributed by atoms with Gasteiger partial charge in [0.05, 0.1) is 37.3 Å². The van der Waals surface area contributed by atoms with Crippen molar-refractivity contribution in [2.75, 3.05) is 25.9 Å². The molecule has 0 saturated heterocycles. The van der Waals surface area contributed by atoms with Gasteiger partial charge in [0.15, 0.2) is 6.73 Å². The lowest BCUT2D eigenvalue weighted by atomic mass is 10.1. The van der Waals surface area contributed by atoms with Crippen molar-refractivity contribution in [3.05, 3.63) is 88.3 Å². The van der Waals surface area contributed by atoms with Gasteiger partial charge in [-0.2, -0.15) is 0 Å². The first-order valence-electron chi connectivity index (χ1n) is 10.5. The SMILES string of the molecule is COC(=O)c1ccc(Oc2coc3c4c(ccc3c2=O)OCN(c2ccc(OC)cc2)C4)cc1. The van der Waals surface area contributed by atoms with Crippen molar-refractivity contribution >= 4 is 22.6 Å². The fourth-order valence-electron chi connectivity index (χ4n) is 3.82. The molecule has 3 aromatic carbocycles. The quantitative estimate of drug-likeness (QED) is 0.396. The summed E-state index contributed by atoms with van der Waals surface area (Å²) in [7, 11) is 2.94. The van der Waals surface area contributed by atoms with Crippen LogP contribution in [0, 0.1) is 0 Å². The maximum Gasteiger partial charge on any atom is 0.337 e. The molecule has 0 spiro atoms. The highest BCUT2D eigenvalue weighted by Crippen LogP contribution is 2.34. The number of nitrogens with zero attached hydrogens (tertiary/aromatic N) is 1. The number of hydrogen-bond acceptors (Lipinski definition) is 8. The van der Waals surface area contributed by atoms with Gasteiger partial charge in [0.1, 0.15) is 29.1 Å². The number of methoxy groups -OCH3 is 2. The molecule has 0 aliphatic carbocycles. The van der Waals surface area contributed by atoms with E-state index in [1.807, 2.05) is 29.2 Å². The van der Waals surface area contributed by atoms with Gasteiger partial charge in [0.25, 0.3) is 0 Å². The summed E-state index contributed by atoms with van der Waals surface area (Å²) in [5.41, 5.74) is 2.28. The molecule has 0 radical (unpaired) electrons. The van der Waals surface area contributed by atoms with E-state index in [-0.39, 0.29) is 11.2 Å². The van der Waals surface area contributed by atoms with Gasteiger partial charge < -0.3 is 28.3 Å². The second-order valence-electron chi connectivity index (χ2n) is 7.64. The minimum absolute atomic E-state index is 0.0435. The van der Waals surface area contributed by atoms with Crippen LogP contribution in [0.2, 0.25) is 0 Å². The van der Waals surface area contributed by atoms with Crippen LogP contribution in [0.4, 0.5) is 5.69 Å². The molecule has 0 atom stereocenters. The van der Waals surface area contributed by atoms with Crippen LogP contribution in [0.25, 0.3) is 11.0 Å². The molecule has 2 heterocycles. The molecule has 5 rings (SSSR count). The van der Waals surface area contributed by atoms with E-state index in [2.05, 4.69) is 4.74 Å². The summed E-state index contributed by atoms with van der Waals surface area (Å²) < 4.78 is 27.4. The van der Waals surface area contributed by atoms with Crippen LogP contribution in [0.5, 0.6) is 23.0 Å². The van der Waals surface area contributed by atoms with E-state index in [4.69, 9.17) is 18.6 Å². The third-order valence-corrected chi connectivity index (χ3v) is 5.64. The molecule has 172 valence electrons. The molecule has 0 amide bonds. The number of fused-ring (bicyclic) bond motifs is 3. The van der Waals surface area contributed by atoms with Crippen LogP contribution in [0.1, 0.15) is 15.9 Å². The third-order valence-electron chi connectivity index (χ3n) is 5.64. The second-order valence-corrected chi connectivity index (χ2v) is 7.64. The van der Waals surface area contributed by atoms with Crippen molar-refractivity contribution in [3.63, 3.8) is 0 Å². The van der Waals surface area contributed by atoms with E-state index in [0.717, 1.165) is 17.0 Å². The van der Waals surface area contributed by atoms with Crippen LogP contribution in [0.3, 0.4) is 0 Å². The van der Waals surface area contributed by atoms with Crippen LogP contribution < -0.4 is 24.5 Å². The molecule has 4 aromatic rings. The zero-order valence-electron chi connectivity index (χ0n) is 18.6. The molecular weight excluding hydrogens is 438 g/mol. The van der Waals surface area contributed by atoms with E-state index in [1.54, 1.807) is 43.5 Å². The van der Waals surface area contributed by atoms with Gasteiger partial charge in [-0.1, -0.05) is 0 Å². The Balaban J connectivity index is 1.44. The Morgan fingerprint density at radius 3 is 2.38 bits per heavy atom. The summed E-state index contributed by atoms with van der Waals surface area (Å²) in [5.74, 6) is 1.43. The van der Waals surface area contributed by atoms with Crippen LogP contribution >= 0.6 is 0 Å². The average Bonchev–Trinajstić information content (AvgIpc) is 2.89. The largest absolute Gasteiger partial charge is 0.497 e. The van der Waals surface area contributed by atoms with Gasteiger partial charge >= 0.3 is 5.97 Å². The van der Waals surface area contributed by atoms with Crippen LogP contribution in [0.15, 0.2) is 76.1 Å². The van der Waals surface area contributed by atoms with Gasteiger partial charge in [-0.3, -0.25) is 4.79 Å². The summed E-state index contributed by atoms with van der Waals surface area (Å²) in [5, 5.41) is 0.391. The standard InChI is InChI=1S/C26H21NO7/c1-30-18-9-5-17(6-10-18)27-13-21-22(33-15-27)12-11-20-24(28)23(14-32-25(20)21)34-19-7-3-16(4-8-19)26(29)31-2/h3-12,14H,13,15H2,1-2H3. The Hall–Kier alpha value is -4.46. The number of hydrogen-bond donors (Lipinski definition) is 0. The molecule has 0 N–H and O–H groups in total. The molecular formula is C26H21NO7. The fraction of sp³-hybridized carbons (Fsp3) is 0.154. The van der Waals surface area contributed by atoms with E-state index < -0.39 is 5.97 Å². The third kappa shape index (κ3) is 3.90. The minimum atomic E-state index is -0.451. The first kappa shape index (κ1) is 21.4. The Morgan fingerprint density at radius 2 is 1.68 bits per heavy atom. The van der Waals surface area contributed by atoms with Gasteiger partial charge in [0.2, 0.25) is 11.2 Å². The Kier molecular flexibility index (Phi) is 5.55. The van der Waals surface area contributed by atoms with Crippen molar-refractivity contribution < 1.29 is 28.2 Å². The predicted molar refractivity (Wildman–Crippen MR) is 125 cm³/mol. The van der Waals surface area contributed by atoms with E-state index >= 15 is 0 Å². The van der Waals surface area contributed by atoms with Crippen molar-refractivity contribution in [3.8, 4) is 23.0 Å². The zero-order chi connectivity index (χ0) is 23.7. The van der Waals surface area contributed by atoms with Crippen LogP contribution in [-0.2, 0) is 11.3 Å². The van der Waals surface area contributed by atoms with E-state index in [9.17, 15) is 9.59 Å². The van der Waals surface area contributed by atoms with Crippen molar-refractivity contribution in [2.45, 2.75) is 6.54 Å². The molecule has 1 aliphatic rings. The average molecular weight is 459 g/mol. The van der Waals surface area contributed by atoms with Gasteiger partial charge in [-0.25, -0.2) is 4.79 Å². The highest BCUT2D eigenvalue weighted by atomic mass is 16.5. The maximum atomic E-state index is 13.1. The first-order chi connectivity index (χ1) is 16.6. The lowest BCUT2D eigenvalue weighted by molar-refractivity contribution is 0.0600. The molecule has 8 heteroatoms. The van der Waals surface area contributed by atoms with Crippen molar-refractivity contribution in [2.24, 2.45) is 0 Å². The highest BCUT2D eigenvalue weighted by Gasteiger charge is 2.23. The van der Waals surface area contributed by atoms with Crippen molar-refractivity contribution in [1.82, 2.24) is 0 Å². The van der Waals surface area contributed by atoms with E-state index in [1.165, 1.54) is 13.4 Å². The molecule has 1 aliphatic heterocycles. The van der Waals surface area contributed by atoms with Gasteiger partial charge in [-0.05, 0) is 60.7 Å². The molecule has 0 bridgehead atoms. The number of carbonyl (C=O) groups is 1. The molecule has 1 aromatic heterocycles. The number of benzene rings is 3. The van der Waals surface area contributed by atoms with Gasteiger partial charge in [0, 0.05) is 5.69 Å². The molecule has 0 saturated carbocycles. The molecule has 8 nitrogen and oxygen atoms in total. The Bertz CT molecular complexity index is 1410. The second kappa shape index (κ2) is 8.82. The summed E-state index contributed by atoms with van der Waals surface area (Å²) >= 11 is 0. The van der Waals surface area contributed by atoms with Crippen molar-refractivity contribution in [1.29, 1.82) is 0 Å². The zero-order valence-corrected chi connectivity index (χ0v) is 18.6. The number of carbonyl (C=O) groups excluding carboxylic acids is 1. The smallest absolute Gasteiger partial charge is 0.337 e. The summed E-state index contributed by atoms with van der Waals surface area (Å²) in [6.07, 6.45) is 1.30. The minimum Gasteiger partial charge on any atom is -0.497 e. The topological polar surface area (TPSA) is 87.4 Å². The summed E-state index contributed by atoms with van der Waals surface area (Å²) in [6, 6.07) is 17.4. The Labute approximate surface area is 194 Å². The number of ether oxygens (including phenoxy) is 4.